The lowest BCUT2D eigenvalue weighted by molar-refractivity contribution is -0.138. The van der Waals surface area contributed by atoms with E-state index in [0.29, 0.717) is 6.61 Å². The van der Waals surface area contributed by atoms with Crippen LogP contribution in [0.25, 0.3) is 0 Å². The number of nitrogens with two attached hydrogens (primary N) is 1. The van der Waals surface area contributed by atoms with E-state index in [1.807, 2.05) is 24.3 Å². The van der Waals surface area contributed by atoms with Crippen LogP contribution in [-0.4, -0.2) is 31.3 Å². The van der Waals surface area contributed by atoms with Gasteiger partial charge in [0, 0.05) is 13.7 Å². The Hall–Kier alpha value is -1.39. The highest BCUT2D eigenvalue weighted by molar-refractivity contribution is 5.76. The normalized spacial score (nSPS) is 12.4. The molecule has 1 aromatic rings. The summed E-state index contributed by atoms with van der Waals surface area (Å²) in [5, 5.41) is 8.94. The Labute approximate surface area is 95.0 Å². The van der Waals surface area contributed by atoms with E-state index in [-0.39, 0.29) is 6.54 Å². The summed E-state index contributed by atoms with van der Waals surface area (Å²) in [5.74, 6) is -1.50. The standard InChI is InChI=1S/C12H17NO3/c1-16-7-6-9-2-4-10(5-3-9)11(8-13)12(14)15/h2-5,11H,6-8,13H2,1H3,(H,14,15). The first kappa shape index (κ1) is 12.7. The third-order valence-electron chi connectivity index (χ3n) is 2.51. The SMILES string of the molecule is COCCc1ccc(C(CN)C(=O)O)cc1. The summed E-state index contributed by atoms with van der Waals surface area (Å²) in [4.78, 5) is 10.9. The molecule has 0 aromatic heterocycles. The monoisotopic (exact) mass is 223 g/mol. The number of carboxylic acids is 1. The van der Waals surface area contributed by atoms with Gasteiger partial charge in [0.2, 0.25) is 0 Å². The molecule has 0 radical (unpaired) electrons. The van der Waals surface area contributed by atoms with Crippen molar-refractivity contribution in [2.24, 2.45) is 5.73 Å². The summed E-state index contributed by atoms with van der Waals surface area (Å²) in [7, 11) is 1.66. The van der Waals surface area contributed by atoms with Gasteiger partial charge < -0.3 is 15.6 Å². The van der Waals surface area contributed by atoms with E-state index in [2.05, 4.69) is 0 Å². The molecule has 4 nitrogen and oxygen atoms in total. The van der Waals surface area contributed by atoms with Gasteiger partial charge in [0.1, 0.15) is 0 Å². The highest BCUT2D eigenvalue weighted by Gasteiger charge is 2.17. The van der Waals surface area contributed by atoms with Crippen molar-refractivity contribution >= 4 is 5.97 Å². The molecule has 0 amide bonds. The lowest BCUT2D eigenvalue weighted by Crippen LogP contribution is -2.21. The molecule has 0 aliphatic heterocycles. The summed E-state index contributed by atoms with van der Waals surface area (Å²) >= 11 is 0. The number of benzene rings is 1. The lowest BCUT2D eigenvalue weighted by atomic mass is 9.98. The Bertz CT molecular complexity index is 335. The quantitative estimate of drug-likeness (QED) is 0.754. The number of aliphatic carboxylic acids is 1. The molecule has 1 rings (SSSR count). The van der Waals surface area contributed by atoms with Gasteiger partial charge in [-0.25, -0.2) is 0 Å². The third-order valence-corrected chi connectivity index (χ3v) is 2.51. The minimum absolute atomic E-state index is 0.118. The molecular formula is C12H17NO3. The van der Waals surface area contributed by atoms with Gasteiger partial charge in [-0.3, -0.25) is 4.79 Å². The van der Waals surface area contributed by atoms with Gasteiger partial charge in [-0.1, -0.05) is 24.3 Å². The Morgan fingerprint density at radius 2 is 2.06 bits per heavy atom. The fourth-order valence-corrected chi connectivity index (χ4v) is 1.52. The molecule has 1 aromatic carbocycles. The fraction of sp³-hybridized carbons (Fsp3) is 0.417. The first-order valence-corrected chi connectivity index (χ1v) is 5.19. The zero-order chi connectivity index (χ0) is 12.0. The van der Waals surface area contributed by atoms with Gasteiger partial charge >= 0.3 is 5.97 Å². The van der Waals surface area contributed by atoms with E-state index in [1.54, 1.807) is 7.11 Å². The smallest absolute Gasteiger partial charge is 0.312 e. The molecule has 0 heterocycles. The van der Waals surface area contributed by atoms with Crippen LogP contribution in [-0.2, 0) is 16.0 Å². The largest absolute Gasteiger partial charge is 0.481 e. The molecule has 0 spiro atoms. The average molecular weight is 223 g/mol. The van der Waals surface area contributed by atoms with Crippen LogP contribution in [0.2, 0.25) is 0 Å². The Balaban J connectivity index is 2.73. The van der Waals surface area contributed by atoms with Crippen LogP contribution < -0.4 is 5.73 Å². The van der Waals surface area contributed by atoms with Gasteiger partial charge in [-0.2, -0.15) is 0 Å². The van der Waals surface area contributed by atoms with Crippen molar-refractivity contribution in [3.05, 3.63) is 35.4 Å². The van der Waals surface area contributed by atoms with Crippen molar-refractivity contribution in [3.8, 4) is 0 Å². The highest BCUT2D eigenvalue weighted by atomic mass is 16.5. The van der Waals surface area contributed by atoms with Crippen molar-refractivity contribution < 1.29 is 14.6 Å². The summed E-state index contributed by atoms with van der Waals surface area (Å²) in [5.41, 5.74) is 7.30. The molecule has 0 saturated carbocycles. The van der Waals surface area contributed by atoms with Crippen LogP contribution in [0.5, 0.6) is 0 Å². The molecule has 0 fully saturated rings. The minimum atomic E-state index is -0.882. The molecule has 1 atom stereocenters. The first-order chi connectivity index (χ1) is 7.69. The predicted molar refractivity (Wildman–Crippen MR) is 61.5 cm³/mol. The molecule has 0 saturated heterocycles. The number of hydrogen-bond acceptors (Lipinski definition) is 3. The topological polar surface area (TPSA) is 72.5 Å². The van der Waals surface area contributed by atoms with Gasteiger partial charge in [-0.15, -0.1) is 0 Å². The van der Waals surface area contributed by atoms with Gasteiger partial charge in [0.25, 0.3) is 0 Å². The average Bonchev–Trinajstić information content (AvgIpc) is 2.28. The number of hydrogen-bond donors (Lipinski definition) is 2. The molecule has 0 aliphatic carbocycles. The molecule has 1 unspecified atom stereocenters. The van der Waals surface area contributed by atoms with Crippen LogP contribution in [0.4, 0.5) is 0 Å². The van der Waals surface area contributed by atoms with Crippen molar-refractivity contribution in [3.63, 3.8) is 0 Å². The van der Waals surface area contributed by atoms with E-state index in [4.69, 9.17) is 15.6 Å². The van der Waals surface area contributed by atoms with Crippen LogP contribution in [0.1, 0.15) is 17.0 Å². The molecule has 0 bridgehead atoms. The summed E-state index contributed by atoms with van der Waals surface area (Å²) in [6.07, 6.45) is 0.830. The summed E-state index contributed by atoms with van der Waals surface area (Å²) in [6.45, 7) is 0.783. The second kappa shape index (κ2) is 6.25. The van der Waals surface area contributed by atoms with Crippen molar-refractivity contribution in [1.29, 1.82) is 0 Å². The van der Waals surface area contributed by atoms with Gasteiger partial charge in [0.05, 0.1) is 12.5 Å². The van der Waals surface area contributed by atoms with E-state index < -0.39 is 11.9 Å². The molecule has 0 aliphatic rings. The number of carboxylic acid groups (broad SMARTS) is 1. The molecular weight excluding hydrogens is 206 g/mol. The number of ether oxygens (including phenoxy) is 1. The zero-order valence-electron chi connectivity index (χ0n) is 9.35. The Morgan fingerprint density at radius 1 is 1.44 bits per heavy atom. The molecule has 3 N–H and O–H groups in total. The van der Waals surface area contributed by atoms with E-state index in [0.717, 1.165) is 17.5 Å². The zero-order valence-corrected chi connectivity index (χ0v) is 9.35. The van der Waals surface area contributed by atoms with Crippen molar-refractivity contribution in [2.45, 2.75) is 12.3 Å². The highest BCUT2D eigenvalue weighted by Crippen LogP contribution is 2.16. The predicted octanol–water partition coefficient (Wildman–Crippen LogP) is 1.00. The van der Waals surface area contributed by atoms with Crippen molar-refractivity contribution in [2.75, 3.05) is 20.3 Å². The van der Waals surface area contributed by atoms with Crippen molar-refractivity contribution in [1.82, 2.24) is 0 Å². The van der Waals surface area contributed by atoms with Crippen LogP contribution in [0.15, 0.2) is 24.3 Å². The Kier molecular flexibility index (Phi) is 4.95. The molecule has 4 heteroatoms. The third kappa shape index (κ3) is 3.32. The maximum atomic E-state index is 10.9. The van der Waals surface area contributed by atoms with Crippen LogP contribution >= 0.6 is 0 Å². The van der Waals surface area contributed by atoms with Crippen LogP contribution in [0, 0.1) is 0 Å². The second-order valence-electron chi connectivity index (χ2n) is 3.61. The molecule has 88 valence electrons. The summed E-state index contributed by atoms with van der Waals surface area (Å²) < 4.78 is 4.97. The van der Waals surface area contributed by atoms with E-state index in [1.165, 1.54) is 0 Å². The van der Waals surface area contributed by atoms with E-state index >= 15 is 0 Å². The Morgan fingerprint density at radius 3 is 2.50 bits per heavy atom. The lowest BCUT2D eigenvalue weighted by Gasteiger charge is -2.10. The number of rotatable bonds is 6. The van der Waals surface area contributed by atoms with Gasteiger partial charge in [0.15, 0.2) is 0 Å². The van der Waals surface area contributed by atoms with Gasteiger partial charge in [-0.05, 0) is 17.5 Å². The minimum Gasteiger partial charge on any atom is -0.481 e. The second-order valence-corrected chi connectivity index (χ2v) is 3.61. The van der Waals surface area contributed by atoms with E-state index in [9.17, 15) is 4.79 Å². The maximum absolute atomic E-state index is 10.9. The number of methoxy groups -OCH3 is 1. The fourth-order valence-electron chi connectivity index (χ4n) is 1.52. The summed E-state index contributed by atoms with van der Waals surface area (Å²) in [6, 6.07) is 7.47. The molecule has 16 heavy (non-hydrogen) atoms. The van der Waals surface area contributed by atoms with Crippen LogP contribution in [0.3, 0.4) is 0 Å². The number of carbonyl (C=O) groups is 1. The first-order valence-electron chi connectivity index (χ1n) is 5.19. The maximum Gasteiger partial charge on any atom is 0.312 e.